The summed E-state index contributed by atoms with van der Waals surface area (Å²) in [5.74, 6) is 0.892. The van der Waals surface area contributed by atoms with E-state index in [1.807, 2.05) is 0 Å². The van der Waals surface area contributed by atoms with Gasteiger partial charge in [-0.3, -0.25) is 4.79 Å². The van der Waals surface area contributed by atoms with Crippen LogP contribution in [0.5, 0.6) is 0 Å². The van der Waals surface area contributed by atoms with Crippen LogP contribution in [0.25, 0.3) is 0 Å². The largest absolute Gasteiger partial charge is 0.469 e. The van der Waals surface area contributed by atoms with E-state index in [9.17, 15) is 4.79 Å². The summed E-state index contributed by atoms with van der Waals surface area (Å²) < 4.78 is 10.2. The van der Waals surface area contributed by atoms with Gasteiger partial charge in [0.2, 0.25) is 0 Å². The quantitative estimate of drug-likeness (QED) is 0.734. The summed E-state index contributed by atoms with van der Waals surface area (Å²) >= 11 is 0. The number of ether oxygens (including phenoxy) is 2. The van der Waals surface area contributed by atoms with E-state index in [0.29, 0.717) is 18.3 Å². The Labute approximate surface area is 112 Å². The lowest BCUT2D eigenvalue weighted by molar-refractivity contribution is -0.144. The highest BCUT2D eigenvalue weighted by molar-refractivity contribution is 7.59. The average Bonchev–Trinajstić information content (AvgIpc) is 2.25. The first-order valence-electron chi connectivity index (χ1n) is 6.09. The van der Waals surface area contributed by atoms with E-state index in [1.54, 1.807) is 0 Å². The van der Waals surface area contributed by atoms with Crippen molar-refractivity contribution in [2.45, 2.75) is 40.0 Å². The number of carbonyl (C=O) groups is 1. The summed E-state index contributed by atoms with van der Waals surface area (Å²) in [7, 11) is 1.46. The van der Waals surface area contributed by atoms with E-state index in [2.05, 4.69) is 20.8 Å². The minimum atomic E-state index is -0.0913. The third-order valence-corrected chi connectivity index (χ3v) is 3.56. The van der Waals surface area contributed by atoms with Crippen molar-refractivity contribution < 1.29 is 14.3 Å². The molecule has 0 unspecified atom stereocenters. The number of hydrogen-bond donors (Lipinski definition) is 0. The second kappa shape index (κ2) is 7.27. The molecule has 3 nitrogen and oxygen atoms in total. The maximum absolute atomic E-state index is 11.5. The standard InChI is InChI=1S/C13H24O3.H2S/c1-13(2,3)11(9-12(14)15-4)10-5-7-16-8-6-10;/h10-11H,5-9H2,1-4H3;1H2/t11-;/m0./s1. The molecular formula is C13H26O3S. The van der Waals surface area contributed by atoms with Gasteiger partial charge < -0.3 is 9.47 Å². The van der Waals surface area contributed by atoms with E-state index in [4.69, 9.17) is 9.47 Å². The number of methoxy groups -OCH3 is 1. The van der Waals surface area contributed by atoms with Gasteiger partial charge in [0, 0.05) is 19.6 Å². The summed E-state index contributed by atoms with van der Waals surface area (Å²) in [4.78, 5) is 11.5. The molecule has 0 aromatic carbocycles. The minimum absolute atomic E-state index is 0. The zero-order valence-electron chi connectivity index (χ0n) is 11.4. The molecule has 1 rings (SSSR count). The maximum Gasteiger partial charge on any atom is 0.305 e. The SMILES string of the molecule is COC(=O)C[C@@H](C1CCOCC1)C(C)(C)C.S. The second-order valence-electron chi connectivity index (χ2n) is 5.70. The predicted molar refractivity (Wildman–Crippen MR) is 73.5 cm³/mol. The summed E-state index contributed by atoms with van der Waals surface area (Å²) in [5, 5.41) is 0. The van der Waals surface area contributed by atoms with Gasteiger partial charge in [0.25, 0.3) is 0 Å². The molecule has 1 saturated heterocycles. The molecule has 17 heavy (non-hydrogen) atoms. The number of esters is 1. The van der Waals surface area contributed by atoms with Crippen LogP contribution in [0, 0.1) is 17.3 Å². The second-order valence-corrected chi connectivity index (χ2v) is 5.70. The zero-order chi connectivity index (χ0) is 12.2. The van der Waals surface area contributed by atoms with Crippen molar-refractivity contribution in [1.82, 2.24) is 0 Å². The van der Waals surface area contributed by atoms with Crippen molar-refractivity contribution >= 4 is 19.5 Å². The highest BCUT2D eigenvalue weighted by Crippen LogP contribution is 2.39. The fourth-order valence-electron chi connectivity index (χ4n) is 2.56. The number of hydrogen-bond acceptors (Lipinski definition) is 3. The van der Waals surface area contributed by atoms with E-state index >= 15 is 0 Å². The van der Waals surface area contributed by atoms with Crippen LogP contribution in [0.3, 0.4) is 0 Å². The summed E-state index contributed by atoms with van der Waals surface area (Å²) in [6.07, 6.45) is 2.67. The highest BCUT2D eigenvalue weighted by Gasteiger charge is 2.34. The third-order valence-electron chi connectivity index (χ3n) is 3.56. The van der Waals surface area contributed by atoms with E-state index in [1.165, 1.54) is 7.11 Å². The number of carbonyl (C=O) groups excluding carboxylic acids is 1. The molecule has 1 heterocycles. The molecule has 102 valence electrons. The molecule has 0 N–H and O–H groups in total. The molecule has 0 saturated carbocycles. The Kier molecular flexibility index (Phi) is 7.17. The Morgan fingerprint density at radius 1 is 1.35 bits per heavy atom. The molecule has 0 spiro atoms. The Morgan fingerprint density at radius 2 is 1.88 bits per heavy atom. The molecule has 0 amide bonds. The summed E-state index contributed by atoms with van der Waals surface area (Å²) in [5.41, 5.74) is 0.149. The van der Waals surface area contributed by atoms with Crippen molar-refractivity contribution in [3.05, 3.63) is 0 Å². The lowest BCUT2D eigenvalue weighted by atomic mass is 9.69. The topological polar surface area (TPSA) is 35.5 Å². The van der Waals surface area contributed by atoms with Gasteiger partial charge in [0.05, 0.1) is 7.11 Å². The molecule has 1 aliphatic rings. The first-order valence-corrected chi connectivity index (χ1v) is 6.09. The van der Waals surface area contributed by atoms with Crippen LogP contribution in [-0.4, -0.2) is 26.3 Å². The molecule has 0 bridgehead atoms. The smallest absolute Gasteiger partial charge is 0.305 e. The van der Waals surface area contributed by atoms with Gasteiger partial charge in [-0.15, -0.1) is 0 Å². The highest BCUT2D eigenvalue weighted by atomic mass is 32.1. The first kappa shape index (κ1) is 16.8. The molecule has 0 aromatic heterocycles. The zero-order valence-corrected chi connectivity index (χ0v) is 12.4. The van der Waals surface area contributed by atoms with Gasteiger partial charge in [-0.25, -0.2) is 0 Å². The molecule has 0 aliphatic carbocycles. The van der Waals surface area contributed by atoms with E-state index in [-0.39, 0.29) is 24.9 Å². The van der Waals surface area contributed by atoms with E-state index < -0.39 is 0 Å². The van der Waals surface area contributed by atoms with Crippen molar-refractivity contribution in [3.63, 3.8) is 0 Å². The maximum atomic E-state index is 11.5. The van der Waals surface area contributed by atoms with E-state index in [0.717, 1.165) is 26.1 Å². The van der Waals surface area contributed by atoms with Gasteiger partial charge in [-0.1, -0.05) is 20.8 Å². The number of rotatable bonds is 3. The molecule has 0 radical (unpaired) electrons. The van der Waals surface area contributed by atoms with Gasteiger partial charge in [0.15, 0.2) is 0 Å². The van der Waals surface area contributed by atoms with Crippen LogP contribution in [-0.2, 0) is 14.3 Å². The average molecular weight is 262 g/mol. The predicted octanol–water partition coefficient (Wildman–Crippen LogP) is 2.75. The molecule has 1 fully saturated rings. The van der Waals surface area contributed by atoms with Crippen molar-refractivity contribution in [2.24, 2.45) is 17.3 Å². The fourth-order valence-corrected chi connectivity index (χ4v) is 2.56. The fraction of sp³-hybridized carbons (Fsp3) is 0.923. The molecule has 1 aliphatic heterocycles. The third kappa shape index (κ3) is 5.30. The lowest BCUT2D eigenvalue weighted by Crippen LogP contribution is -2.34. The van der Waals surface area contributed by atoms with Crippen LogP contribution in [0.4, 0.5) is 0 Å². The van der Waals surface area contributed by atoms with Crippen molar-refractivity contribution in [3.8, 4) is 0 Å². The Balaban J connectivity index is 0.00000256. The Bertz CT molecular complexity index is 229. The normalized spacial score (nSPS) is 19.3. The molecule has 4 heteroatoms. The van der Waals surface area contributed by atoms with Crippen molar-refractivity contribution in [2.75, 3.05) is 20.3 Å². The molecular weight excluding hydrogens is 236 g/mol. The van der Waals surface area contributed by atoms with Gasteiger partial charge >= 0.3 is 5.97 Å². The summed E-state index contributed by atoms with van der Waals surface area (Å²) in [6.45, 7) is 8.28. The van der Waals surface area contributed by atoms with Crippen LogP contribution in [0.2, 0.25) is 0 Å². The van der Waals surface area contributed by atoms with Gasteiger partial charge in [0.1, 0.15) is 0 Å². The van der Waals surface area contributed by atoms with Gasteiger partial charge in [-0.2, -0.15) is 13.5 Å². The Hall–Kier alpha value is -0.220. The summed E-state index contributed by atoms with van der Waals surface area (Å²) in [6, 6.07) is 0. The molecule has 0 aromatic rings. The van der Waals surface area contributed by atoms with Crippen molar-refractivity contribution in [1.29, 1.82) is 0 Å². The van der Waals surface area contributed by atoms with Crippen LogP contribution in [0.1, 0.15) is 40.0 Å². The van der Waals surface area contributed by atoms with Crippen LogP contribution >= 0.6 is 13.5 Å². The Morgan fingerprint density at radius 3 is 2.29 bits per heavy atom. The monoisotopic (exact) mass is 262 g/mol. The van der Waals surface area contributed by atoms with Gasteiger partial charge in [-0.05, 0) is 30.1 Å². The lowest BCUT2D eigenvalue weighted by Gasteiger charge is -2.38. The first-order chi connectivity index (χ1) is 7.45. The molecule has 1 atom stereocenters. The van der Waals surface area contributed by atoms with Crippen LogP contribution < -0.4 is 0 Å². The minimum Gasteiger partial charge on any atom is -0.469 e. The van der Waals surface area contributed by atoms with Crippen LogP contribution in [0.15, 0.2) is 0 Å².